The van der Waals surface area contributed by atoms with Crippen LogP contribution >= 0.6 is 11.3 Å². The summed E-state index contributed by atoms with van der Waals surface area (Å²) in [6.45, 7) is 5.93. The molecule has 1 aliphatic heterocycles. The molecule has 1 aromatic carbocycles. The quantitative estimate of drug-likeness (QED) is 0.829. The van der Waals surface area contributed by atoms with Crippen molar-refractivity contribution in [1.82, 2.24) is 4.90 Å². The van der Waals surface area contributed by atoms with Crippen molar-refractivity contribution in [2.45, 2.75) is 20.3 Å². The molecule has 1 aromatic heterocycles. The molecule has 1 aliphatic rings. The van der Waals surface area contributed by atoms with Gasteiger partial charge in [-0.25, -0.2) is 0 Å². The van der Waals surface area contributed by atoms with Gasteiger partial charge in [-0.1, -0.05) is 32.0 Å². The summed E-state index contributed by atoms with van der Waals surface area (Å²) < 4.78 is 0. The maximum absolute atomic E-state index is 13.1. The van der Waals surface area contributed by atoms with Crippen LogP contribution in [0.4, 0.5) is 5.69 Å². The lowest BCUT2D eigenvalue weighted by molar-refractivity contribution is 0.0624. The Hall–Kier alpha value is -2.14. The van der Waals surface area contributed by atoms with Crippen LogP contribution < -0.4 is 4.90 Å². The minimum absolute atomic E-state index is 0.0137. The van der Waals surface area contributed by atoms with Crippen molar-refractivity contribution in [3.05, 3.63) is 52.2 Å². The van der Waals surface area contributed by atoms with E-state index in [2.05, 4.69) is 13.8 Å². The molecule has 2 heterocycles. The van der Waals surface area contributed by atoms with Crippen LogP contribution in [0.5, 0.6) is 0 Å². The number of thiophene rings is 1. The number of benzene rings is 1. The van der Waals surface area contributed by atoms with Crippen LogP contribution in [0.25, 0.3) is 0 Å². The summed E-state index contributed by atoms with van der Waals surface area (Å²) in [6, 6.07) is 11.1. The largest absolute Gasteiger partial charge is 0.338 e. The molecule has 0 N–H and O–H groups in total. The molecule has 0 aliphatic carbocycles. The number of rotatable bonds is 3. The molecule has 0 spiro atoms. The van der Waals surface area contributed by atoms with Crippen LogP contribution in [0.1, 0.15) is 40.3 Å². The normalized spacial score (nSPS) is 20.4. The number of piperidine rings is 1. The summed E-state index contributed by atoms with van der Waals surface area (Å²) in [6.07, 6.45) is 1.15. The predicted octanol–water partition coefficient (Wildman–Crippen LogP) is 4.14. The Bertz CT molecular complexity index is 747. The van der Waals surface area contributed by atoms with Crippen molar-refractivity contribution >= 4 is 28.8 Å². The van der Waals surface area contributed by atoms with Crippen LogP contribution in [-0.4, -0.2) is 36.9 Å². The molecule has 0 radical (unpaired) electrons. The summed E-state index contributed by atoms with van der Waals surface area (Å²) in [4.78, 5) is 30.0. The first-order valence-electron chi connectivity index (χ1n) is 8.67. The lowest BCUT2D eigenvalue weighted by Gasteiger charge is -2.35. The number of hydrogen-bond donors (Lipinski definition) is 0. The topological polar surface area (TPSA) is 40.6 Å². The molecule has 2 atom stereocenters. The Kier molecular flexibility index (Phi) is 5.23. The Morgan fingerprint density at radius 2 is 1.76 bits per heavy atom. The minimum Gasteiger partial charge on any atom is -0.338 e. The molecule has 5 heteroatoms. The SMILES string of the molecule is CC1CC(C)CN(C(=O)c2ccccc2N(C)C(=O)c2cccs2)C1. The second-order valence-corrected chi connectivity index (χ2v) is 7.96. The van der Waals surface area contributed by atoms with E-state index in [9.17, 15) is 9.59 Å². The molecule has 4 nitrogen and oxygen atoms in total. The highest BCUT2D eigenvalue weighted by Crippen LogP contribution is 2.27. The van der Waals surface area contributed by atoms with Crippen LogP contribution in [0, 0.1) is 11.8 Å². The van der Waals surface area contributed by atoms with Crippen molar-refractivity contribution in [3.8, 4) is 0 Å². The molecule has 1 saturated heterocycles. The Morgan fingerprint density at radius 1 is 1.08 bits per heavy atom. The first kappa shape index (κ1) is 17.7. The van der Waals surface area contributed by atoms with E-state index in [0.29, 0.717) is 28.0 Å². The van der Waals surface area contributed by atoms with Gasteiger partial charge in [0.15, 0.2) is 0 Å². The third kappa shape index (κ3) is 3.76. The number of carbonyl (C=O) groups excluding carboxylic acids is 2. The summed E-state index contributed by atoms with van der Waals surface area (Å²) in [5.41, 5.74) is 1.26. The van der Waals surface area contributed by atoms with Gasteiger partial charge in [0.05, 0.1) is 16.1 Å². The molecule has 3 rings (SSSR count). The number of para-hydroxylation sites is 1. The van der Waals surface area contributed by atoms with E-state index in [1.54, 1.807) is 11.9 Å². The van der Waals surface area contributed by atoms with E-state index in [0.717, 1.165) is 19.5 Å². The molecule has 0 saturated carbocycles. The average molecular weight is 356 g/mol. The van der Waals surface area contributed by atoms with Gasteiger partial charge in [0, 0.05) is 20.1 Å². The van der Waals surface area contributed by atoms with Gasteiger partial charge in [-0.15, -0.1) is 11.3 Å². The van der Waals surface area contributed by atoms with E-state index in [1.165, 1.54) is 11.3 Å². The number of hydrogen-bond acceptors (Lipinski definition) is 3. The average Bonchev–Trinajstić information content (AvgIpc) is 3.13. The fraction of sp³-hybridized carbons (Fsp3) is 0.400. The van der Waals surface area contributed by atoms with E-state index in [4.69, 9.17) is 0 Å². The summed E-state index contributed by atoms with van der Waals surface area (Å²) in [7, 11) is 1.73. The summed E-state index contributed by atoms with van der Waals surface area (Å²) in [5, 5.41) is 1.88. The zero-order valence-corrected chi connectivity index (χ0v) is 15.8. The molecule has 2 amide bonds. The van der Waals surface area contributed by atoms with Gasteiger partial charge in [-0.05, 0) is 41.8 Å². The maximum atomic E-state index is 13.1. The number of amides is 2. The minimum atomic E-state index is -0.0874. The highest BCUT2D eigenvalue weighted by Gasteiger charge is 2.28. The lowest BCUT2D eigenvalue weighted by Crippen LogP contribution is -2.43. The smallest absolute Gasteiger partial charge is 0.268 e. The van der Waals surface area contributed by atoms with Gasteiger partial charge in [0.2, 0.25) is 0 Å². The Balaban J connectivity index is 1.88. The molecular formula is C20H24N2O2S. The van der Waals surface area contributed by atoms with Gasteiger partial charge in [0.25, 0.3) is 11.8 Å². The number of likely N-dealkylation sites (tertiary alicyclic amines) is 1. The molecule has 1 fully saturated rings. The van der Waals surface area contributed by atoms with Gasteiger partial charge in [0.1, 0.15) is 0 Å². The first-order valence-corrected chi connectivity index (χ1v) is 9.55. The molecule has 25 heavy (non-hydrogen) atoms. The fourth-order valence-electron chi connectivity index (χ4n) is 3.62. The molecule has 2 unspecified atom stereocenters. The van der Waals surface area contributed by atoms with E-state index >= 15 is 0 Å². The van der Waals surface area contributed by atoms with Crippen LogP contribution in [0.3, 0.4) is 0 Å². The maximum Gasteiger partial charge on any atom is 0.268 e. The summed E-state index contributed by atoms with van der Waals surface area (Å²) in [5.74, 6) is 0.936. The van der Waals surface area contributed by atoms with Gasteiger partial charge < -0.3 is 9.80 Å². The molecule has 132 valence electrons. The van der Waals surface area contributed by atoms with Crippen LogP contribution in [0.15, 0.2) is 41.8 Å². The lowest BCUT2D eigenvalue weighted by atomic mass is 9.91. The van der Waals surface area contributed by atoms with Crippen molar-refractivity contribution in [2.24, 2.45) is 11.8 Å². The molecular weight excluding hydrogens is 332 g/mol. The summed E-state index contributed by atoms with van der Waals surface area (Å²) >= 11 is 1.41. The number of carbonyl (C=O) groups is 2. The van der Waals surface area contributed by atoms with Gasteiger partial charge in [-0.2, -0.15) is 0 Å². The molecule has 2 aromatic rings. The highest BCUT2D eigenvalue weighted by molar-refractivity contribution is 7.12. The molecule has 0 bridgehead atoms. The zero-order chi connectivity index (χ0) is 18.0. The third-order valence-electron chi connectivity index (χ3n) is 4.69. The van der Waals surface area contributed by atoms with E-state index in [1.807, 2.05) is 46.7 Å². The monoisotopic (exact) mass is 356 g/mol. The number of anilines is 1. The standard InChI is InChI=1S/C20H24N2O2S/c1-14-11-15(2)13-22(12-14)19(23)16-7-4-5-8-17(16)21(3)20(24)18-9-6-10-25-18/h4-10,14-15H,11-13H2,1-3H3. The van der Waals surface area contributed by atoms with Crippen molar-refractivity contribution < 1.29 is 9.59 Å². The van der Waals surface area contributed by atoms with Crippen LogP contribution in [0.2, 0.25) is 0 Å². The van der Waals surface area contributed by atoms with Crippen molar-refractivity contribution in [1.29, 1.82) is 0 Å². The van der Waals surface area contributed by atoms with Crippen molar-refractivity contribution in [2.75, 3.05) is 25.0 Å². The van der Waals surface area contributed by atoms with Crippen LogP contribution in [-0.2, 0) is 0 Å². The zero-order valence-electron chi connectivity index (χ0n) is 14.9. The predicted molar refractivity (Wildman–Crippen MR) is 102 cm³/mol. The van der Waals surface area contributed by atoms with Crippen molar-refractivity contribution in [3.63, 3.8) is 0 Å². The van der Waals surface area contributed by atoms with E-state index < -0.39 is 0 Å². The third-order valence-corrected chi connectivity index (χ3v) is 5.55. The van der Waals surface area contributed by atoms with Gasteiger partial charge in [-0.3, -0.25) is 9.59 Å². The second-order valence-electron chi connectivity index (χ2n) is 7.01. The fourth-order valence-corrected chi connectivity index (χ4v) is 4.32. The number of nitrogens with zero attached hydrogens (tertiary/aromatic N) is 2. The van der Waals surface area contributed by atoms with E-state index in [-0.39, 0.29) is 11.8 Å². The highest BCUT2D eigenvalue weighted by atomic mass is 32.1. The first-order chi connectivity index (χ1) is 12.0. The Labute approximate surface area is 153 Å². The Morgan fingerprint density at radius 3 is 2.40 bits per heavy atom. The van der Waals surface area contributed by atoms with Gasteiger partial charge >= 0.3 is 0 Å². The second kappa shape index (κ2) is 7.40.